The normalized spacial score (nSPS) is 14.1. The molecule has 0 amide bonds. The van der Waals surface area contributed by atoms with Crippen molar-refractivity contribution in [3.05, 3.63) is 52.4 Å². The van der Waals surface area contributed by atoms with Gasteiger partial charge in [0.15, 0.2) is 0 Å². The van der Waals surface area contributed by atoms with Crippen LogP contribution in [-0.4, -0.2) is 41.3 Å². The molecule has 3 heterocycles. The minimum absolute atomic E-state index is 0.475. The Morgan fingerprint density at radius 1 is 1.11 bits per heavy atom. The fraction of sp³-hybridized carbons (Fsp3) is 0.316. The highest BCUT2D eigenvalue weighted by molar-refractivity contribution is 9.10. The van der Waals surface area contributed by atoms with Crippen molar-refractivity contribution in [2.45, 2.75) is 13.5 Å². The van der Waals surface area contributed by atoms with Gasteiger partial charge in [0.05, 0.1) is 31.7 Å². The number of nitrogens with zero attached hydrogens (tertiary/aromatic N) is 4. The van der Waals surface area contributed by atoms with Gasteiger partial charge in [-0.3, -0.25) is 0 Å². The predicted molar refractivity (Wildman–Crippen MR) is 111 cm³/mol. The molecule has 1 aromatic carbocycles. The number of hydrogen-bond acceptors (Lipinski definition) is 8. The Balaban J connectivity index is 1.60. The Morgan fingerprint density at radius 3 is 2.68 bits per heavy atom. The Hall–Kier alpha value is -2.65. The van der Waals surface area contributed by atoms with Gasteiger partial charge in [-0.2, -0.15) is 15.0 Å². The zero-order valence-electron chi connectivity index (χ0n) is 15.5. The Labute approximate surface area is 171 Å². The van der Waals surface area contributed by atoms with Gasteiger partial charge in [0, 0.05) is 17.6 Å². The van der Waals surface area contributed by atoms with Gasteiger partial charge in [-0.15, -0.1) is 0 Å². The second-order valence-electron chi connectivity index (χ2n) is 6.42. The summed E-state index contributed by atoms with van der Waals surface area (Å²) in [5.41, 5.74) is 2.06. The summed E-state index contributed by atoms with van der Waals surface area (Å²) in [5.74, 6) is 2.39. The third-order valence-electron chi connectivity index (χ3n) is 4.29. The van der Waals surface area contributed by atoms with Crippen molar-refractivity contribution in [1.29, 1.82) is 0 Å². The average molecular weight is 445 g/mol. The van der Waals surface area contributed by atoms with Crippen molar-refractivity contribution < 1.29 is 9.15 Å². The summed E-state index contributed by atoms with van der Waals surface area (Å²) in [4.78, 5) is 15.8. The molecule has 1 aliphatic rings. The molecule has 9 heteroatoms. The van der Waals surface area contributed by atoms with Gasteiger partial charge < -0.3 is 24.7 Å². The minimum Gasteiger partial charge on any atom is -0.467 e. The average Bonchev–Trinajstić information content (AvgIpc) is 3.23. The molecule has 0 saturated carbocycles. The lowest BCUT2D eigenvalue weighted by Gasteiger charge is -2.27. The van der Waals surface area contributed by atoms with Crippen LogP contribution in [0, 0.1) is 6.92 Å². The summed E-state index contributed by atoms with van der Waals surface area (Å²) >= 11 is 3.59. The van der Waals surface area contributed by atoms with Gasteiger partial charge >= 0.3 is 0 Å². The summed E-state index contributed by atoms with van der Waals surface area (Å²) in [7, 11) is 0. The Kier molecular flexibility index (Phi) is 5.73. The molecule has 0 unspecified atom stereocenters. The molecule has 0 aliphatic carbocycles. The van der Waals surface area contributed by atoms with Crippen LogP contribution in [0.2, 0.25) is 0 Å². The summed E-state index contributed by atoms with van der Waals surface area (Å²) < 4.78 is 11.8. The van der Waals surface area contributed by atoms with Gasteiger partial charge in [0.1, 0.15) is 5.76 Å². The van der Waals surface area contributed by atoms with E-state index < -0.39 is 0 Å². The van der Waals surface area contributed by atoms with Crippen LogP contribution in [0.15, 0.2) is 45.5 Å². The second-order valence-corrected chi connectivity index (χ2v) is 7.28. The van der Waals surface area contributed by atoms with Crippen molar-refractivity contribution in [2.75, 3.05) is 41.8 Å². The van der Waals surface area contributed by atoms with Gasteiger partial charge in [0.2, 0.25) is 17.8 Å². The van der Waals surface area contributed by atoms with Crippen LogP contribution in [0.5, 0.6) is 0 Å². The molecule has 2 N–H and O–H groups in total. The molecule has 28 heavy (non-hydrogen) atoms. The topological polar surface area (TPSA) is 88.3 Å². The number of ether oxygens (including phenoxy) is 1. The van der Waals surface area contributed by atoms with Gasteiger partial charge in [-0.25, -0.2) is 0 Å². The molecule has 0 bridgehead atoms. The van der Waals surface area contributed by atoms with E-state index in [-0.39, 0.29) is 0 Å². The molecule has 1 saturated heterocycles. The van der Waals surface area contributed by atoms with Crippen LogP contribution >= 0.6 is 15.9 Å². The van der Waals surface area contributed by atoms with Crippen LogP contribution in [0.3, 0.4) is 0 Å². The molecule has 1 fully saturated rings. The highest BCUT2D eigenvalue weighted by Crippen LogP contribution is 2.26. The first-order valence-electron chi connectivity index (χ1n) is 9.05. The lowest BCUT2D eigenvalue weighted by atomic mass is 10.2. The van der Waals surface area contributed by atoms with E-state index in [1.54, 1.807) is 6.26 Å². The van der Waals surface area contributed by atoms with Crippen LogP contribution < -0.4 is 15.5 Å². The summed E-state index contributed by atoms with van der Waals surface area (Å²) in [6.07, 6.45) is 1.64. The van der Waals surface area contributed by atoms with E-state index in [1.807, 2.05) is 37.3 Å². The maximum atomic E-state index is 5.44. The highest BCUT2D eigenvalue weighted by Gasteiger charge is 2.17. The number of furan rings is 1. The van der Waals surface area contributed by atoms with Crippen LogP contribution in [0.4, 0.5) is 23.5 Å². The molecular weight excluding hydrogens is 424 g/mol. The van der Waals surface area contributed by atoms with Crippen molar-refractivity contribution in [1.82, 2.24) is 15.0 Å². The van der Waals surface area contributed by atoms with Crippen molar-refractivity contribution in [3.63, 3.8) is 0 Å². The molecule has 4 rings (SSSR count). The van der Waals surface area contributed by atoms with Crippen molar-refractivity contribution >= 4 is 39.5 Å². The lowest BCUT2D eigenvalue weighted by Crippen LogP contribution is -2.37. The maximum absolute atomic E-state index is 5.44. The number of rotatable bonds is 6. The zero-order chi connectivity index (χ0) is 19.3. The van der Waals surface area contributed by atoms with E-state index in [0.29, 0.717) is 37.6 Å². The number of hydrogen-bond donors (Lipinski definition) is 2. The summed E-state index contributed by atoms with van der Waals surface area (Å²) in [6, 6.07) is 9.83. The van der Waals surface area contributed by atoms with E-state index in [2.05, 4.69) is 46.4 Å². The van der Waals surface area contributed by atoms with E-state index in [9.17, 15) is 0 Å². The first kappa shape index (κ1) is 18.7. The summed E-state index contributed by atoms with van der Waals surface area (Å²) in [6.45, 7) is 5.35. The predicted octanol–water partition coefficient (Wildman–Crippen LogP) is 3.73. The van der Waals surface area contributed by atoms with Crippen LogP contribution in [0.1, 0.15) is 11.3 Å². The largest absolute Gasteiger partial charge is 0.467 e. The number of morpholine rings is 1. The monoisotopic (exact) mass is 444 g/mol. The van der Waals surface area contributed by atoms with Crippen molar-refractivity contribution in [2.24, 2.45) is 0 Å². The first-order valence-corrected chi connectivity index (χ1v) is 9.85. The number of halogens is 1. The Morgan fingerprint density at radius 2 is 1.93 bits per heavy atom. The molecular formula is C19H21BrN6O2. The highest BCUT2D eigenvalue weighted by atomic mass is 79.9. The third-order valence-corrected chi connectivity index (χ3v) is 4.95. The lowest BCUT2D eigenvalue weighted by molar-refractivity contribution is 0.122. The van der Waals surface area contributed by atoms with E-state index in [0.717, 1.165) is 29.0 Å². The van der Waals surface area contributed by atoms with E-state index in [4.69, 9.17) is 9.15 Å². The standard InChI is InChI=1S/C19H21BrN6O2/c1-13-4-5-16(15(20)11-13)22-18-23-17(21-12-14-3-2-8-28-14)24-19(25-18)26-6-9-27-10-7-26/h2-5,8,11H,6-7,9-10,12H2,1H3,(H2,21,22,23,24,25). The van der Waals surface area contributed by atoms with Crippen LogP contribution in [0.25, 0.3) is 0 Å². The molecule has 0 spiro atoms. The number of benzene rings is 1. The molecule has 8 nitrogen and oxygen atoms in total. The molecule has 146 valence electrons. The second kappa shape index (κ2) is 8.57. The van der Waals surface area contributed by atoms with Crippen molar-refractivity contribution in [3.8, 4) is 0 Å². The quantitative estimate of drug-likeness (QED) is 0.594. The third kappa shape index (κ3) is 4.60. The van der Waals surface area contributed by atoms with Gasteiger partial charge in [-0.05, 0) is 52.7 Å². The smallest absolute Gasteiger partial charge is 0.233 e. The van der Waals surface area contributed by atoms with Gasteiger partial charge in [-0.1, -0.05) is 6.07 Å². The Bertz CT molecular complexity index is 928. The minimum atomic E-state index is 0.475. The number of nitrogens with one attached hydrogen (secondary N) is 2. The number of aromatic nitrogens is 3. The van der Waals surface area contributed by atoms with Crippen LogP contribution in [-0.2, 0) is 11.3 Å². The zero-order valence-corrected chi connectivity index (χ0v) is 17.1. The first-order chi connectivity index (χ1) is 13.7. The molecule has 0 radical (unpaired) electrons. The number of aryl methyl sites for hydroxylation is 1. The SMILES string of the molecule is Cc1ccc(Nc2nc(NCc3ccco3)nc(N3CCOCC3)n2)c(Br)c1. The fourth-order valence-electron chi connectivity index (χ4n) is 2.83. The molecule has 0 atom stereocenters. The fourth-order valence-corrected chi connectivity index (χ4v) is 3.42. The van der Waals surface area contributed by atoms with E-state index >= 15 is 0 Å². The molecule has 3 aromatic rings. The van der Waals surface area contributed by atoms with Gasteiger partial charge in [0.25, 0.3) is 0 Å². The molecule has 2 aromatic heterocycles. The molecule has 1 aliphatic heterocycles. The number of anilines is 4. The van der Waals surface area contributed by atoms with E-state index in [1.165, 1.54) is 5.56 Å². The summed E-state index contributed by atoms with van der Waals surface area (Å²) in [5, 5.41) is 6.49. The maximum Gasteiger partial charge on any atom is 0.233 e.